The molecule has 1 unspecified atom stereocenters. The van der Waals surface area contributed by atoms with E-state index < -0.39 is 0 Å². The Balaban J connectivity index is 2.12. The molecule has 0 radical (unpaired) electrons. The van der Waals surface area contributed by atoms with Crippen LogP contribution in [0.3, 0.4) is 0 Å². The van der Waals surface area contributed by atoms with Crippen LogP contribution in [0.1, 0.15) is 52.4 Å². The Bertz CT molecular complexity index is 149. The molecule has 2 heteroatoms. The first-order chi connectivity index (χ1) is 6.72. The van der Waals surface area contributed by atoms with Gasteiger partial charge in [-0.3, -0.25) is 0 Å². The Kier molecular flexibility index (Phi) is 5.32. The van der Waals surface area contributed by atoms with Gasteiger partial charge in [0.1, 0.15) is 0 Å². The normalized spacial score (nSPS) is 21.6. The predicted molar refractivity (Wildman–Crippen MR) is 67.1 cm³/mol. The van der Waals surface area contributed by atoms with Crippen molar-refractivity contribution in [3.8, 4) is 0 Å². The molecule has 0 aliphatic heterocycles. The van der Waals surface area contributed by atoms with Crippen LogP contribution in [0.4, 0.5) is 0 Å². The summed E-state index contributed by atoms with van der Waals surface area (Å²) < 4.78 is 0.598. The molecule has 1 atom stereocenters. The van der Waals surface area contributed by atoms with Crippen LogP contribution in [-0.4, -0.2) is 23.6 Å². The van der Waals surface area contributed by atoms with Gasteiger partial charge >= 0.3 is 0 Å². The van der Waals surface area contributed by atoms with E-state index in [2.05, 4.69) is 37.2 Å². The van der Waals surface area contributed by atoms with Crippen LogP contribution in [0.2, 0.25) is 0 Å². The molecule has 0 aromatic heterocycles. The summed E-state index contributed by atoms with van der Waals surface area (Å²) in [6.45, 7) is 5.81. The van der Waals surface area contributed by atoms with Gasteiger partial charge in [-0.05, 0) is 32.4 Å². The van der Waals surface area contributed by atoms with E-state index in [9.17, 15) is 0 Å². The first-order valence-electron chi connectivity index (χ1n) is 6.01. The number of unbranched alkanes of at least 4 members (excludes halogenated alkanes) is 1. The van der Waals surface area contributed by atoms with Crippen molar-refractivity contribution in [2.24, 2.45) is 0 Å². The lowest BCUT2D eigenvalue weighted by Gasteiger charge is -2.41. The van der Waals surface area contributed by atoms with Gasteiger partial charge in [-0.2, -0.15) is 11.8 Å². The number of nitrogens with one attached hydrogen (secondary N) is 1. The van der Waals surface area contributed by atoms with Gasteiger partial charge in [-0.1, -0.05) is 26.2 Å². The van der Waals surface area contributed by atoms with Crippen LogP contribution >= 0.6 is 11.8 Å². The molecule has 1 aliphatic rings. The van der Waals surface area contributed by atoms with E-state index in [1.165, 1.54) is 45.1 Å². The van der Waals surface area contributed by atoms with E-state index in [4.69, 9.17) is 0 Å². The Hall–Kier alpha value is 0.310. The Morgan fingerprint density at radius 1 is 1.43 bits per heavy atom. The summed E-state index contributed by atoms with van der Waals surface area (Å²) in [6.07, 6.45) is 10.5. The Labute approximate surface area is 93.4 Å². The molecule has 84 valence electrons. The summed E-state index contributed by atoms with van der Waals surface area (Å²) in [5, 5.41) is 3.69. The molecule has 1 saturated carbocycles. The lowest BCUT2D eigenvalue weighted by molar-refractivity contribution is 0.328. The van der Waals surface area contributed by atoms with Gasteiger partial charge in [0, 0.05) is 17.3 Å². The summed E-state index contributed by atoms with van der Waals surface area (Å²) in [4.78, 5) is 0. The highest BCUT2D eigenvalue weighted by molar-refractivity contribution is 8.00. The molecule has 0 heterocycles. The van der Waals surface area contributed by atoms with Crippen LogP contribution < -0.4 is 5.32 Å². The van der Waals surface area contributed by atoms with E-state index in [0.717, 1.165) is 0 Å². The molecule has 0 bridgehead atoms. The molecule has 1 nitrogen and oxygen atoms in total. The molecule has 0 amide bonds. The monoisotopic (exact) mass is 215 g/mol. The first-order valence-corrected chi connectivity index (χ1v) is 7.23. The van der Waals surface area contributed by atoms with Crippen molar-refractivity contribution >= 4 is 11.8 Å². The van der Waals surface area contributed by atoms with Crippen LogP contribution in [-0.2, 0) is 0 Å². The summed E-state index contributed by atoms with van der Waals surface area (Å²) in [6, 6.07) is 0.708. The number of hydrogen-bond acceptors (Lipinski definition) is 2. The van der Waals surface area contributed by atoms with Crippen LogP contribution in [0.25, 0.3) is 0 Å². The zero-order valence-electron chi connectivity index (χ0n) is 9.94. The second kappa shape index (κ2) is 6.02. The van der Waals surface area contributed by atoms with Gasteiger partial charge in [0.15, 0.2) is 0 Å². The van der Waals surface area contributed by atoms with Crippen molar-refractivity contribution < 1.29 is 0 Å². The third-order valence-electron chi connectivity index (χ3n) is 3.46. The minimum absolute atomic E-state index is 0.598. The fourth-order valence-electron chi connectivity index (χ4n) is 2.00. The van der Waals surface area contributed by atoms with Gasteiger partial charge in [-0.15, -0.1) is 0 Å². The highest BCUT2D eigenvalue weighted by Crippen LogP contribution is 2.42. The van der Waals surface area contributed by atoms with Crippen molar-refractivity contribution in [2.75, 3.05) is 12.8 Å². The predicted octanol–water partition coefficient (Wildman–Crippen LogP) is 3.44. The zero-order chi connectivity index (χ0) is 10.4. The smallest absolute Gasteiger partial charge is 0.0281 e. The maximum absolute atomic E-state index is 3.69. The van der Waals surface area contributed by atoms with Crippen LogP contribution in [0.5, 0.6) is 0 Å². The van der Waals surface area contributed by atoms with Gasteiger partial charge in [-0.25, -0.2) is 0 Å². The Morgan fingerprint density at radius 2 is 2.14 bits per heavy atom. The highest BCUT2D eigenvalue weighted by Gasteiger charge is 2.35. The standard InChI is InChI=1S/C12H25NS/c1-4-5-7-11(2)13-10-12(14-3)8-6-9-12/h11,13H,4-10H2,1-3H3. The van der Waals surface area contributed by atoms with Crippen molar-refractivity contribution in [3.63, 3.8) is 0 Å². The van der Waals surface area contributed by atoms with E-state index in [0.29, 0.717) is 10.8 Å². The van der Waals surface area contributed by atoms with Gasteiger partial charge in [0.05, 0.1) is 0 Å². The largest absolute Gasteiger partial charge is 0.313 e. The molecular weight excluding hydrogens is 190 g/mol. The van der Waals surface area contributed by atoms with Crippen molar-refractivity contribution in [1.82, 2.24) is 5.32 Å². The van der Waals surface area contributed by atoms with Crippen LogP contribution in [0.15, 0.2) is 0 Å². The molecule has 0 saturated heterocycles. The molecule has 1 fully saturated rings. The van der Waals surface area contributed by atoms with Gasteiger partial charge in [0.2, 0.25) is 0 Å². The molecule has 1 aliphatic carbocycles. The van der Waals surface area contributed by atoms with E-state index >= 15 is 0 Å². The average Bonchev–Trinajstić information content (AvgIpc) is 2.14. The van der Waals surface area contributed by atoms with Crippen LogP contribution in [0, 0.1) is 0 Å². The van der Waals surface area contributed by atoms with Gasteiger partial charge in [0.25, 0.3) is 0 Å². The van der Waals surface area contributed by atoms with E-state index in [-0.39, 0.29) is 0 Å². The molecule has 0 aromatic carbocycles. The summed E-state index contributed by atoms with van der Waals surface area (Å²) in [5.41, 5.74) is 0. The minimum Gasteiger partial charge on any atom is -0.313 e. The lowest BCUT2D eigenvalue weighted by atomic mass is 9.84. The fraction of sp³-hybridized carbons (Fsp3) is 1.00. The molecular formula is C12H25NS. The maximum atomic E-state index is 3.69. The topological polar surface area (TPSA) is 12.0 Å². The first kappa shape index (κ1) is 12.4. The molecule has 14 heavy (non-hydrogen) atoms. The maximum Gasteiger partial charge on any atom is 0.0281 e. The number of rotatable bonds is 7. The fourth-order valence-corrected chi connectivity index (χ4v) is 2.92. The number of hydrogen-bond donors (Lipinski definition) is 1. The average molecular weight is 215 g/mol. The van der Waals surface area contributed by atoms with Crippen molar-refractivity contribution in [2.45, 2.75) is 63.2 Å². The van der Waals surface area contributed by atoms with E-state index in [1.54, 1.807) is 0 Å². The van der Waals surface area contributed by atoms with E-state index in [1.807, 2.05) is 0 Å². The third-order valence-corrected chi connectivity index (χ3v) is 4.88. The second-order valence-electron chi connectivity index (χ2n) is 4.66. The summed E-state index contributed by atoms with van der Waals surface area (Å²) >= 11 is 2.06. The SMILES string of the molecule is CCCCC(C)NCC1(SC)CCC1. The summed E-state index contributed by atoms with van der Waals surface area (Å²) in [5.74, 6) is 0. The lowest BCUT2D eigenvalue weighted by Crippen LogP contribution is -2.45. The Morgan fingerprint density at radius 3 is 2.57 bits per heavy atom. The van der Waals surface area contributed by atoms with Crippen molar-refractivity contribution in [1.29, 1.82) is 0 Å². The molecule has 0 aromatic rings. The highest BCUT2D eigenvalue weighted by atomic mass is 32.2. The molecule has 1 rings (SSSR count). The minimum atomic E-state index is 0.598. The number of thioether (sulfide) groups is 1. The third kappa shape index (κ3) is 3.47. The quantitative estimate of drug-likeness (QED) is 0.698. The summed E-state index contributed by atoms with van der Waals surface area (Å²) in [7, 11) is 0. The molecule has 1 N–H and O–H groups in total. The van der Waals surface area contributed by atoms with Gasteiger partial charge < -0.3 is 5.32 Å². The van der Waals surface area contributed by atoms with Crippen molar-refractivity contribution in [3.05, 3.63) is 0 Å². The zero-order valence-corrected chi connectivity index (χ0v) is 10.8. The molecule has 0 spiro atoms. The second-order valence-corrected chi connectivity index (χ2v) is 5.94.